The predicted octanol–water partition coefficient (Wildman–Crippen LogP) is 0.860. The van der Waals surface area contributed by atoms with Crippen LogP contribution < -0.4 is 5.73 Å². The summed E-state index contributed by atoms with van der Waals surface area (Å²) in [5, 5.41) is 8.34. The molecule has 18 heavy (non-hydrogen) atoms. The highest BCUT2D eigenvalue weighted by atomic mass is 15.3. The average Bonchev–Trinajstić information content (AvgIpc) is 2.95. The SMILES string of the molecule is Cc1ccn2c(-c3cn(CCN)cn3)nnc2c1. The van der Waals surface area contributed by atoms with Crippen molar-refractivity contribution in [2.45, 2.75) is 13.5 Å². The van der Waals surface area contributed by atoms with Crippen LogP contribution in [0.1, 0.15) is 5.56 Å². The molecule has 0 atom stereocenters. The number of pyridine rings is 1. The molecule has 0 bridgehead atoms. The van der Waals surface area contributed by atoms with Gasteiger partial charge in [-0.15, -0.1) is 10.2 Å². The molecule has 6 nitrogen and oxygen atoms in total. The van der Waals surface area contributed by atoms with Crippen LogP contribution in [0.5, 0.6) is 0 Å². The zero-order chi connectivity index (χ0) is 12.5. The van der Waals surface area contributed by atoms with E-state index in [1.54, 1.807) is 6.33 Å². The van der Waals surface area contributed by atoms with Gasteiger partial charge >= 0.3 is 0 Å². The highest BCUT2D eigenvalue weighted by molar-refractivity contribution is 5.55. The van der Waals surface area contributed by atoms with Gasteiger partial charge in [-0.05, 0) is 24.6 Å². The molecule has 3 aromatic rings. The van der Waals surface area contributed by atoms with Crippen LogP contribution in [0.4, 0.5) is 0 Å². The summed E-state index contributed by atoms with van der Waals surface area (Å²) in [6.45, 7) is 3.38. The Morgan fingerprint density at radius 1 is 1.33 bits per heavy atom. The summed E-state index contributed by atoms with van der Waals surface area (Å²) in [6, 6.07) is 4.02. The fraction of sp³-hybridized carbons (Fsp3) is 0.250. The number of nitrogens with two attached hydrogens (primary N) is 1. The Kier molecular flexibility index (Phi) is 2.56. The van der Waals surface area contributed by atoms with Gasteiger partial charge in [0, 0.05) is 25.5 Å². The molecule has 3 heterocycles. The third-order valence-corrected chi connectivity index (χ3v) is 2.82. The molecule has 0 amide bonds. The van der Waals surface area contributed by atoms with Gasteiger partial charge in [-0.1, -0.05) is 0 Å². The van der Waals surface area contributed by atoms with Crippen LogP contribution in [0.3, 0.4) is 0 Å². The van der Waals surface area contributed by atoms with Crippen molar-refractivity contribution in [3.05, 3.63) is 36.4 Å². The summed E-state index contributed by atoms with van der Waals surface area (Å²) < 4.78 is 3.88. The fourth-order valence-electron chi connectivity index (χ4n) is 1.91. The third kappa shape index (κ3) is 1.76. The molecular formula is C12H14N6. The maximum Gasteiger partial charge on any atom is 0.188 e. The Morgan fingerprint density at radius 2 is 2.22 bits per heavy atom. The summed E-state index contributed by atoms with van der Waals surface area (Å²) >= 11 is 0. The number of rotatable bonds is 3. The minimum Gasteiger partial charge on any atom is -0.335 e. The normalized spacial score (nSPS) is 11.2. The van der Waals surface area contributed by atoms with Gasteiger partial charge in [-0.2, -0.15) is 0 Å². The van der Waals surface area contributed by atoms with Crippen molar-refractivity contribution in [3.8, 4) is 11.5 Å². The molecule has 2 N–H and O–H groups in total. The van der Waals surface area contributed by atoms with Crippen molar-refractivity contribution in [1.29, 1.82) is 0 Å². The third-order valence-electron chi connectivity index (χ3n) is 2.82. The molecule has 0 aliphatic carbocycles. The molecular weight excluding hydrogens is 228 g/mol. The van der Waals surface area contributed by atoms with Gasteiger partial charge in [-0.3, -0.25) is 4.40 Å². The lowest BCUT2D eigenvalue weighted by Crippen LogP contribution is -2.07. The number of fused-ring (bicyclic) bond motifs is 1. The van der Waals surface area contributed by atoms with Crippen LogP contribution in [0.15, 0.2) is 30.9 Å². The Hall–Kier alpha value is -2.21. The fourth-order valence-corrected chi connectivity index (χ4v) is 1.91. The molecule has 0 aromatic carbocycles. The van der Waals surface area contributed by atoms with Gasteiger partial charge in [0.15, 0.2) is 11.5 Å². The lowest BCUT2D eigenvalue weighted by atomic mass is 10.3. The van der Waals surface area contributed by atoms with E-state index in [9.17, 15) is 0 Å². The molecule has 0 saturated carbocycles. The van der Waals surface area contributed by atoms with Crippen molar-refractivity contribution in [2.75, 3.05) is 6.54 Å². The van der Waals surface area contributed by atoms with E-state index in [0.29, 0.717) is 6.54 Å². The summed E-state index contributed by atoms with van der Waals surface area (Å²) in [5.41, 5.74) is 8.31. The van der Waals surface area contributed by atoms with E-state index >= 15 is 0 Å². The second kappa shape index (κ2) is 4.23. The van der Waals surface area contributed by atoms with Crippen molar-refractivity contribution in [3.63, 3.8) is 0 Å². The summed E-state index contributed by atoms with van der Waals surface area (Å²) in [6.07, 6.45) is 5.66. The molecule has 0 fully saturated rings. The highest BCUT2D eigenvalue weighted by Crippen LogP contribution is 2.16. The Balaban J connectivity index is 2.07. The molecule has 3 rings (SSSR count). The van der Waals surface area contributed by atoms with Crippen molar-refractivity contribution in [2.24, 2.45) is 5.73 Å². The van der Waals surface area contributed by atoms with Gasteiger partial charge in [0.05, 0.1) is 6.33 Å². The monoisotopic (exact) mass is 242 g/mol. The first kappa shape index (κ1) is 10.9. The van der Waals surface area contributed by atoms with E-state index in [0.717, 1.165) is 29.3 Å². The smallest absolute Gasteiger partial charge is 0.188 e. The minimum absolute atomic E-state index is 0.593. The zero-order valence-electron chi connectivity index (χ0n) is 10.1. The molecule has 3 aromatic heterocycles. The number of hydrogen-bond acceptors (Lipinski definition) is 4. The quantitative estimate of drug-likeness (QED) is 0.739. The number of hydrogen-bond donors (Lipinski definition) is 1. The maximum absolute atomic E-state index is 5.51. The van der Waals surface area contributed by atoms with Crippen LogP contribution in [0.25, 0.3) is 17.2 Å². The first-order valence-corrected chi connectivity index (χ1v) is 5.81. The lowest BCUT2D eigenvalue weighted by Gasteiger charge is -1.97. The second-order valence-electron chi connectivity index (χ2n) is 4.24. The predicted molar refractivity (Wildman–Crippen MR) is 68.0 cm³/mol. The van der Waals surface area contributed by atoms with Gasteiger partial charge in [-0.25, -0.2) is 4.98 Å². The number of nitrogens with zero attached hydrogens (tertiary/aromatic N) is 5. The molecule has 0 spiro atoms. The van der Waals surface area contributed by atoms with Crippen molar-refractivity contribution >= 4 is 5.65 Å². The van der Waals surface area contributed by atoms with E-state index < -0.39 is 0 Å². The average molecular weight is 242 g/mol. The van der Waals surface area contributed by atoms with Crippen LogP contribution in [-0.4, -0.2) is 30.7 Å². The maximum atomic E-state index is 5.51. The Labute approximate surface area is 104 Å². The molecule has 0 unspecified atom stereocenters. The van der Waals surface area contributed by atoms with Gasteiger partial charge in [0.1, 0.15) is 5.69 Å². The van der Waals surface area contributed by atoms with Gasteiger partial charge in [0.2, 0.25) is 0 Å². The van der Waals surface area contributed by atoms with Crippen LogP contribution in [0.2, 0.25) is 0 Å². The van der Waals surface area contributed by atoms with E-state index in [2.05, 4.69) is 15.2 Å². The van der Waals surface area contributed by atoms with Gasteiger partial charge in [0.25, 0.3) is 0 Å². The molecule has 0 aliphatic rings. The zero-order valence-corrected chi connectivity index (χ0v) is 10.1. The molecule has 0 radical (unpaired) electrons. The van der Waals surface area contributed by atoms with E-state index in [4.69, 9.17) is 5.73 Å². The first-order valence-electron chi connectivity index (χ1n) is 5.81. The standard InChI is InChI=1S/C12H14N6/c1-9-2-4-18-11(6-9)15-16-12(18)10-7-17(5-3-13)8-14-10/h2,4,6-8H,3,5,13H2,1H3. The minimum atomic E-state index is 0.593. The molecule has 0 saturated heterocycles. The first-order chi connectivity index (χ1) is 8.78. The van der Waals surface area contributed by atoms with Crippen LogP contribution in [0, 0.1) is 6.92 Å². The summed E-state index contributed by atoms with van der Waals surface area (Å²) in [4.78, 5) is 4.33. The van der Waals surface area contributed by atoms with Crippen molar-refractivity contribution < 1.29 is 0 Å². The Morgan fingerprint density at radius 3 is 3.06 bits per heavy atom. The van der Waals surface area contributed by atoms with E-state index in [1.165, 1.54) is 0 Å². The topological polar surface area (TPSA) is 74.0 Å². The highest BCUT2D eigenvalue weighted by Gasteiger charge is 2.10. The van der Waals surface area contributed by atoms with Crippen molar-refractivity contribution in [1.82, 2.24) is 24.1 Å². The summed E-state index contributed by atoms with van der Waals surface area (Å²) in [5.74, 6) is 0.751. The largest absolute Gasteiger partial charge is 0.335 e. The van der Waals surface area contributed by atoms with Crippen LogP contribution in [-0.2, 0) is 6.54 Å². The lowest BCUT2D eigenvalue weighted by molar-refractivity contribution is 0.708. The second-order valence-corrected chi connectivity index (χ2v) is 4.24. The molecule has 0 aliphatic heterocycles. The van der Waals surface area contributed by atoms with E-state index in [1.807, 2.05) is 40.4 Å². The van der Waals surface area contributed by atoms with Crippen LogP contribution >= 0.6 is 0 Å². The van der Waals surface area contributed by atoms with Gasteiger partial charge < -0.3 is 10.3 Å². The number of aromatic nitrogens is 5. The molecule has 6 heteroatoms. The number of imidazole rings is 1. The van der Waals surface area contributed by atoms with E-state index in [-0.39, 0.29) is 0 Å². The Bertz CT molecular complexity index is 681. The molecule has 92 valence electrons. The summed E-state index contributed by atoms with van der Waals surface area (Å²) in [7, 11) is 0. The number of aryl methyl sites for hydroxylation is 1.